The molecule has 1 aromatic rings. The Balaban J connectivity index is 2.00. The van der Waals surface area contributed by atoms with E-state index in [0.29, 0.717) is 10.8 Å². The van der Waals surface area contributed by atoms with Crippen molar-refractivity contribution < 1.29 is 19.1 Å². The standard InChI is InChI=1S/C15H20N2O4S/c1-3-9-4-5-11-10(6-9)7-12(22-11)14(19)21-8(2)13(18)17-15(16)20/h7-9H,3-6H2,1-2H3,(H3,16,17,18,20). The van der Waals surface area contributed by atoms with Gasteiger partial charge in [0.2, 0.25) is 0 Å². The maximum atomic E-state index is 12.1. The van der Waals surface area contributed by atoms with Gasteiger partial charge in [-0.15, -0.1) is 11.3 Å². The molecule has 0 aromatic carbocycles. The number of ether oxygens (including phenoxy) is 1. The topological polar surface area (TPSA) is 98.5 Å². The van der Waals surface area contributed by atoms with E-state index in [1.54, 1.807) is 0 Å². The van der Waals surface area contributed by atoms with Crippen LogP contribution in [0.4, 0.5) is 4.79 Å². The van der Waals surface area contributed by atoms with Gasteiger partial charge < -0.3 is 10.5 Å². The lowest BCUT2D eigenvalue weighted by Crippen LogP contribution is -2.42. The van der Waals surface area contributed by atoms with Crippen molar-refractivity contribution in [3.8, 4) is 0 Å². The Bertz CT molecular complexity index is 596. The molecule has 3 amide bonds. The van der Waals surface area contributed by atoms with Crippen molar-refractivity contribution in [2.75, 3.05) is 0 Å². The van der Waals surface area contributed by atoms with E-state index in [2.05, 4.69) is 6.92 Å². The van der Waals surface area contributed by atoms with Crippen molar-refractivity contribution in [3.63, 3.8) is 0 Å². The van der Waals surface area contributed by atoms with Gasteiger partial charge >= 0.3 is 12.0 Å². The quantitative estimate of drug-likeness (QED) is 0.828. The van der Waals surface area contributed by atoms with Gasteiger partial charge in [0.1, 0.15) is 4.88 Å². The molecule has 2 unspecified atom stereocenters. The Hall–Kier alpha value is -1.89. The number of hydrogen-bond acceptors (Lipinski definition) is 5. The molecule has 3 N–H and O–H groups in total. The number of carbonyl (C=O) groups is 3. The van der Waals surface area contributed by atoms with Crippen molar-refractivity contribution in [3.05, 3.63) is 21.4 Å². The molecule has 0 spiro atoms. The number of nitrogens with two attached hydrogens (primary N) is 1. The van der Waals surface area contributed by atoms with Crippen molar-refractivity contribution in [1.29, 1.82) is 0 Å². The average Bonchev–Trinajstić information content (AvgIpc) is 2.89. The molecular weight excluding hydrogens is 304 g/mol. The van der Waals surface area contributed by atoms with Crippen LogP contribution in [0.5, 0.6) is 0 Å². The molecule has 1 aliphatic carbocycles. The third kappa shape index (κ3) is 3.85. The zero-order chi connectivity index (χ0) is 16.3. The summed E-state index contributed by atoms with van der Waals surface area (Å²) in [7, 11) is 0. The summed E-state index contributed by atoms with van der Waals surface area (Å²) >= 11 is 1.43. The summed E-state index contributed by atoms with van der Waals surface area (Å²) in [6.45, 7) is 3.58. The van der Waals surface area contributed by atoms with Crippen molar-refractivity contribution in [2.45, 2.75) is 45.6 Å². The first-order chi connectivity index (χ1) is 10.4. The van der Waals surface area contributed by atoms with E-state index < -0.39 is 24.0 Å². The average molecular weight is 324 g/mol. The van der Waals surface area contributed by atoms with E-state index in [1.807, 2.05) is 11.4 Å². The summed E-state index contributed by atoms with van der Waals surface area (Å²) in [6.07, 6.45) is 3.20. The van der Waals surface area contributed by atoms with Crippen LogP contribution in [-0.4, -0.2) is 24.0 Å². The number of fused-ring (bicyclic) bond motifs is 1. The summed E-state index contributed by atoms with van der Waals surface area (Å²) in [6, 6.07) is 0.896. The number of urea groups is 1. The van der Waals surface area contributed by atoms with Gasteiger partial charge in [-0.25, -0.2) is 9.59 Å². The fourth-order valence-corrected chi connectivity index (χ4v) is 3.63. The summed E-state index contributed by atoms with van der Waals surface area (Å²) < 4.78 is 5.08. The highest BCUT2D eigenvalue weighted by Gasteiger charge is 2.25. The molecule has 0 saturated carbocycles. The highest BCUT2D eigenvalue weighted by Crippen LogP contribution is 2.33. The number of rotatable bonds is 4. The molecule has 1 aromatic heterocycles. The maximum absolute atomic E-state index is 12.1. The van der Waals surface area contributed by atoms with Crippen molar-refractivity contribution in [2.24, 2.45) is 11.7 Å². The van der Waals surface area contributed by atoms with Gasteiger partial charge in [-0.3, -0.25) is 10.1 Å². The molecule has 2 atom stereocenters. The van der Waals surface area contributed by atoms with Crippen LogP contribution in [0.2, 0.25) is 0 Å². The molecule has 0 aliphatic heterocycles. The normalized spacial score (nSPS) is 18.2. The molecule has 120 valence electrons. The third-order valence-corrected chi connectivity index (χ3v) is 5.08. The SMILES string of the molecule is CCC1CCc2sc(C(=O)OC(C)C(=O)NC(N)=O)cc2C1. The first-order valence-corrected chi connectivity index (χ1v) is 8.15. The molecule has 22 heavy (non-hydrogen) atoms. The largest absolute Gasteiger partial charge is 0.448 e. The van der Waals surface area contributed by atoms with Gasteiger partial charge in [-0.1, -0.05) is 13.3 Å². The van der Waals surface area contributed by atoms with E-state index in [0.717, 1.165) is 25.7 Å². The van der Waals surface area contributed by atoms with Gasteiger partial charge in [0.25, 0.3) is 5.91 Å². The van der Waals surface area contributed by atoms with E-state index in [9.17, 15) is 14.4 Å². The van der Waals surface area contributed by atoms with Gasteiger partial charge in [0, 0.05) is 4.88 Å². The molecule has 2 rings (SSSR count). The van der Waals surface area contributed by atoms with Gasteiger partial charge in [-0.05, 0) is 43.7 Å². The van der Waals surface area contributed by atoms with E-state index in [-0.39, 0.29) is 0 Å². The fraction of sp³-hybridized carbons (Fsp3) is 0.533. The monoisotopic (exact) mass is 324 g/mol. The van der Waals surface area contributed by atoms with Crippen molar-refractivity contribution >= 4 is 29.2 Å². The lowest BCUT2D eigenvalue weighted by atomic mass is 9.87. The third-order valence-electron chi connectivity index (χ3n) is 3.86. The van der Waals surface area contributed by atoms with Crippen LogP contribution in [0.3, 0.4) is 0 Å². The molecule has 0 bridgehead atoms. The molecule has 6 nitrogen and oxygen atoms in total. The van der Waals surface area contributed by atoms with Crippen LogP contribution in [0.25, 0.3) is 0 Å². The molecule has 0 fully saturated rings. The highest BCUT2D eigenvalue weighted by molar-refractivity contribution is 7.14. The number of carbonyl (C=O) groups excluding carboxylic acids is 3. The van der Waals surface area contributed by atoms with Crippen LogP contribution >= 0.6 is 11.3 Å². The zero-order valence-electron chi connectivity index (χ0n) is 12.7. The molecule has 7 heteroatoms. The summed E-state index contributed by atoms with van der Waals surface area (Å²) in [4.78, 5) is 36.0. The maximum Gasteiger partial charge on any atom is 0.349 e. The van der Waals surface area contributed by atoms with Gasteiger partial charge in [-0.2, -0.15) is 0 Å². The Morgan fingerprint density at radius 2 is 2.23 bits per heavy atom. The lowest BCUT2D eigenvalue weighted by molar-refractivity contribution is -0.127. The minimum Gasteiger partial charge on any atom is -0.448 e. The first-order valence-electron chi connectivity index (χ1n) is 7.33. The molecule has 1 aliphatic rings. The van der Waals surface area contributed by atoms with E-state index in [4.69, 9.17) is 10.5 Å². The van der Waals surface area contributed by atoms with Gasteiger partial charge in [0.05, 0.1) is 0 Å². The molecular formula is C15H20N2O4S. The fourth-order valence-electron chi connectivity index (χ4n) is 2.54. The van der Waals surface area contributed by atoms with Gasteiger partial charge in [0.15, 0.2) is 6.10 Å². The summed E-state index contributed by atoms with van der Waals surface area (Å²) in [5, 5.41) is 1.89. The van der Waals surface area contributed by atoms with Crippen LogP contribution in [0.1, 0.15) is 46.8 Å². The Labute approximate surface area is 133 Å². The number of amides is 3. The smallest absolute Gasteiger partial charge is 0.349 e. The van der Waals surface area contributed by atoms with Crippen molar-refractivity contribution in [1.82, 2.24) is 5.32 Å². The predicted octanol–water partition coefficient (Wildman–Crippen LogP) is 2.00. The number of thiophene rings is 1. The number of primary amides is 1. The van der Waals surface area contributed by atoms with Crippen LogP contribution in [0.15, 0.2) is 6.07 Å². The number of hydrogen-bond donors (Lipinski definition) is 2. The van der Waals surface area contributed by atoms with Crippen LogP contribution in [0, 0.1) is 5.92 Å². The number of imide groups is 1. The Kier molecular flexibility index (Phi) is 5.18. The second-order valence-electron chi connectivity index (χ2n) is 5.48. The van der Waals surface area contributed by atoms with Crippen LogP contribution < -0.4 is 11.1 Å². The van der Waals surface area contributed by atoms with E-state index >= 15 is 0 Å². The zero-order valence-corrected chi connectivity index (χ0v) is 13.5. The molecule has 1 heterocycles. The Morgan fingerprint density at radius 3 is 2.86 bits per heavy atom. The summed E-state index contributed by atoms with van der Waals surface area (Å²) in [5.41, 5.74) is 6.07. The number of aryl methyl sites for hydroxylation is 1. The minimum atomic E-state index is -1.07. The first kappa shape index (κ1) is 16.5. The lowest BCUT2D eigenvalue weighted by Gasteiger charge is -2.19. The minimum absolute atomic E-state index is 0.500. The molecule has 0 radical (unpaired) electrons. The van der Waals surface area contributed by atoms with Crippen LogP contribution in [-0.2, 0) is 22.4 Å². The highest BCUT2D eigenvalue weighted by atomic mass is 32.1. The number of esters is 1. The van der Waals surface area contributed by atoms with E-state index in [1.165, 1.54) is 28.7 Å². The second kappa shape index (κ2) is 6.91. The summed E-state index contributed by atoms with van der Waals surface area (Å²) in [5.74, 6) is -0.598. The molecule has 0 saturated heterocycles. The number of nitrogens with one attached hydrogen (secondary N) is 1. The Morgan fingerprint density at radius 1 is 1.50 bits per heavy atom. The predicted molar refractivity (Wildman–Crippen MR) is 82.7 cm³/mol. The second-order valence-corrected chi connectivity index (χ2v) is 6.61.